The van der Waals surface area contributed by atoms with Crippen LogP contribution in [0.1, 0.15) is 45.3 Å². The van der Waals surface area contributed by atoms with Gasteiger partial charge in [-0.1, -0.05) is 30.7 Å². The van der Waals surface area contributed by atoms with Gasteiger partial charge in [0, 0.05) is 12.0 Å². The van der Waals surface area contributed by atoms with Gasteiger partial charge in [0.25, 0.3) is 5.91 Å². The minimum atomic E-state index is -0.0819. The third kappa shape index (κ3) is 2.83. The van der Waals surface area contributed by atoms with Gasteiger partial charge in [-0.2, -0.15) is 0 Å². The van der Waals surface area contributed by atoms with Gasteiger partial charge < -0.3 is 10.1 Å². The standard InChI is InChI=1S/C16H17ClN2O2S/c1-3-13-18-9(2)15(22-13)16(20)19-12-7-8-21-14-10(12)5-4-6-11(14)17/h4-6,12H,3,7-8H2,1-2H3,(H,19,20). The molecule has 3 rings (SSSR count). The number of nitrogens with one attached hydrogen (secondary N) is 1. The number of hydrogen-bond donors (Lipinski definition) is 1. The quantitative estimate of drug-likeness (QED) is 0.924. The first kappa shape index (κ1) is 15.3. The molecule has 1 amide bonds. The topological polar surface area (TPSA) is 51.2 Å². The highest BCUT2D eigenvalue weighted by Gasteiger charge is 2.26. The molecule has 0 bridgehead atoms. The Hall–Kier alpha value is -1.59. The van der Waals surface area contributed by atoms with Crippen LogP contribution in [0.3, 0.4) is 0 Å². The van der Waals surface area contributed by atoms with Crippen molar-refractivity contribution in [2.75, 3.05) is 6.61 Å². The Bertz CT molecular complexity index is 714. The molecule has 1 atom stereocenters. The number of thiazole rings is 1. The number of ether oxygens (including phenoxy) is 1. The van der Waals surface area contributed by atoms with Crippen LogP contribution in [0.4, 0.5) is 0 Å². The maximum absolute atomic E-state index is 12.5. The van der Waals surface area contributed by atoms with Gasteiger partial charge in [0.1, 0.15) is 10.6 Å². The molecule has 1 aromatic carbocycles. The number of rotatable bonds is 3. The highest BCUT2D eigenvalue weighted by molar-refractivity contribution is 7.13. The Morgan fingerprint density at radius 2 is 2.36 bits per heavy atom. The first-order valence-electron chi connectivity index (χ1n) is 7.28. The van der Waals surface area contributed by atoms with E-state index in [1.165, 1.54) is 11.3 Å². The summed E-state index contributed by atoms with van der Waals surface area (Å²) in [6.07, 6.45) is 1.58. The number of nitrogens with zero attached hydrogens (tertiary/aromatic N) is 1. The molecule has 116 valence electrons. The summed E-state index contributed by atoms with van der Waals surface area (Å²) in [6, 6.07) is 5.54. The van der Waals surface area contributed by atoms with Crippen LogP contribution in [0, 0.1) is 6.92 Å². The maximum Gasteiger partial charge on any atom is 0.263 e. The molecule has 1 N–H and O–H groups in total. The van der Waals surface area contributed by atoms with Crippen LogP contribution in [-0.2, 0) is 6.42 Å². The van der Waals surface area contributed by atoms with Crippen LogP contribution in [0.2, 0.25) is 5.02 Å². The lowest BCUT2D eigenvalue weighted by Crippen LogP contribution is -2.32. The maximum atomic E-state index is 12.5. The van der Waals surface area contributed by atoms with Crippen molar-refractivity contribution < 1.29 is 9.53 Å². The van der Waals surface area contributed by atoms with E-state index >= 15 is 0 Å². The second-order valence-corrected chi connectivity index (χ2v) is 6.69. The number of carbonyl (C=O) groups is 1. The van der Waals surface area contributed by atoms with Gasteiger partial charge in [-0.25, -0.2) is 4.98 Å². The molecule has 1 aliphatic rings. The molecule has 0 fully saturated rings. The number of benzene rings is 1. The first-order chi connectivity index (χ1) is 10.6. The molecule has 0 saturated heterocycles. The van der Waals surface area contributed by atoms with E-state index in [0.717, 1.165) is 29.1 Å². The van der Waals surface area contributed by atoms with Crippen molar-refractivity contribution in [3.8, 4) is 5.75 Å². The van der Waals surface area contributed by atoms with Crippen LogP contribution < -0.4 is 10.1 Å². The molecule has 1 aromatic heterocycles. The van der Waals surface area contributed by atoms with Gasteiger partial charge in [-0.3, -0.25) is 4.79 Å². The fourth-order valence-corrected chi connectivity index (χ4v) is 3.72. The fraction of sp³-hybridized carbons (Fsp3) is 0.375. The van der Waals surface area contributed by atoms with Crippen molar-refractivity contribution in [3.05, 3.63) is 44.4 Å². The van der Waals surface area contributed by atoms with Crippen molar-refractivity contribution in [2.45, 2.75) is 32.7 Å². The summed E-state index contributed by atoms with van der Waals surface area (Å²) in [5.41, 5.74) is 1.72. The fourth-order valence-electron chi connectivity index (χ4n) is 2.57. The number of fused-ring (bicyclic) bond motifs is 1. The summed E-state index contributed by atoms with van der Waals surface area (Å²) in [6.45, 7) is 4.46. The lowest BCUT2D eigenvalue weighted by Gasteiger charge is -2.27. The molecule has 1 aliphatic heterocycles. The van der Waals surface area contributed by atoms with Crippen molar-refractivity contribution in [3.63, 3.8) is 0 Å². The van der Waals surface area contributed by atoms with Gasteiger partial charge >= 0.3 is 0 Å². The summed E-state index contributed by atoms with van der Waals surface area (Å²) >= 11 is 7.62. The van der Waals surface area contributed by atoms with Gasteiger partial charge in [0.05, 0.1) is 28.4 Å². The lowest BCUT2D eigenvalue weighted by atomic mass is 10.0. The van der Waals surface area contributed by atoms with Crippen molar-refractivity contribution in [1.29, 1.82) is 0 Å². The second kappa shape index (κ2) is 6.26. The van der Waals surface area contributed by atoms with Crippen LogP contribution in [-0.4, -0.2) is 17.5 Å². The van der Waals surface area contributed by atoms with Gasteiger partial charge in [0.2, 0.25) is 0 Å². The molecule has 0 aliphatic carbocycles. The molecule has 4 nitrogen and oxygen atoms in total. The van der Waals surface area contributed by atoms with Crippen LogP contribution in [0.25, 0.3) is 0 Å². The summed E-state index contributed by atoms with van der Waals surface area (Å²) in [5.74, 6) is 0.600. The normalized spacial score (nSPS) is 16.8. The monoisotopic (exact) mass is 336 g/mol. The Balaban J connectivity index is 1.84. The second-order valence-electron chi connectivity index (χ2n) is 5.20. The zero-order chi connectivity index (χ0) is 15.7. The predicted molar refractivity (Wildman–Crippen MR) is 88.0 cm³/mol. The Morgan fingerprint density at radius 3 is 3.09 bits per heavy atom. The third-order valence-corrected chi connectivity index (χ3v) is 5.28. The third-order valence-electron chi connectivity index (χ3n) is 3.68. The average molecular weight is 337 g/mol. The summed E-state index contributed by atoms with van der Waals surface area (Å²) in [4.78, 5) is 17.6. The minimum absolute atomic E-state index is 0.0764. The van der Waals surface area contributed by atoms with E-state index in [2.05, 4.69) is 10.3 Å². The predicted octanol–water partition coefficient (Wildman–Crippen LogP) is 3.92. The van der Waals surface area contributed by atoms with E-state index in [1.54, 1.807) is 6.07 Å². The molecule has 6 heteroatoms. The Morgan fingerprint density at radius 1 is 1.55 bits per heavy atom. The molecule has 22 heavy (non-hydrogen) atoms. The summed E-state index contributed by atoms with van der Waals surface area (Å²) in [5, 5.41) is 4.66. The number of amides is 1. The summed E-state index contributed by atoms with van der Waals surface area (Å²) < 4.78 is 5.62. The van der Waals surface area contributed by atoms with E-state index in [0.29, 0.717) is 22.3 Å². The molecule has 0 saturated carbocycles. The highest BCUT2D eigenvalue weighted by Crippen LogP contribution is 2.37. The van der Waals surface area contributed by atoms with Gasteiger partial charge in [0.15, 0.2) is 0 Å². The van der Waals surface area contributed by atoms with E-state index in [1.807, 2.05) is 26.0 Å². The molecule has 0 spiro atoms. The van der Waals surface area contributed by atoms with E-state index in [-0.39, 0.29) is 11.9 Å². The Kier molecular flexibility index (Phi) is 4.36. The Labute approximate surface area is 138 Å². The molecule has 1 unspecified atom stereocenters. The largest absolute Gasteiger partial charge is 0.492 e. The zero-order valence-electron chi connectivity index (χ0n) is 12.5. The van der Waals surface area contributed by atoms with Crippen LogP contribution >= 0.6 is 22.9 Å². The first-order valence-corrected chi connectivity index (χ1v) is 8.48. The highest BCUT2D eigenvalue weighted by atomic mass is 35.5. The molecule has 2 heterocycles. The number of para-hydroxylation sites is 1. The van der Waals surface area contributed by atoms with Crippen LogP contribution in [0.5, 0.6) is 5.75 Å². The molecular weight excluding hydrogens is 320 g/mol. The van der Waals surface area contributed by atoms with E-state index in [4.69, 9.17) is 16.3 Å². The SMILES string of the molecule is CCc1nc(C)c(C(=O)NC2CCOc3c(Cl)cccc32)s1. The lowest BCUT2D eigenvalue weighted by molar-refractivity contribution is 0.0928. The molecular formula is C16H17ClN2O2S. The summed E-state index contributed by atoms with van der Waals surface area (Å²) in [7, 11) is 0. The van der Waals surface area contributed by atoms with Gasteiger partial charge in [-0.15, -0.1) is 11.3 Å². The minimum Gasteiger partial charge on any atom is -0.492 e. The number of halogens is 1. The number of aryl methyl sites for hydroxylation is 2. The van der Waals surface area contributed by atoms with Crippen LogP contribution in [0.15, 0.2) is 18.2 Å². The van der Waals surface area contributed by atoms with E-state index < -0.39 is 0 Å². The molecule has 0 radical (unpaired) electrons. The average Bonchev–Trinajstić information content (AvgIpc) is 2.89. The van der Waals surface area contributed by atoms with Crippen molar-refractivity contribution in [1.82, 2.24) is 10.3 Å². The van der Waals surface area contributed by atoms with Gasteiger partial charge in [-0.05, 0) is 19.4 Å². The zero-order valence-corrected chi connectivity index (χ0v) is 14.1. The smallest absolute Gasteiger partial charge is 0.263 e. The number of carbonyl (C=O) groups excluding carboxylic acids is 1. The molecule has 2 aromatic rings. The number of hydrogen-bond acceptors (Lipinski definition) is 4. The van der Waals surface area contributed by atoms with Crippen molar-refractivity contribution >= 4 is 28.8 Å². The van der Waals surface area contributed by atoms with E-state index in [9.17, 15) is 4.79 Å². The number of aromatic nitrogens is 1. The van der Waals surface area contributed by atoms with Crippen molar-refractivity contribution in [2.24, 2.45) is 0 Å².